The molecule has 2 aromatic rings. The number of halogens is 1. The maximum Gasteiger partial charge on any atom is 0.262 e. The summed E-state index contributed by atoms with van der Waals surface area (Å²) >= 11 is 0. The molecule has 5 nitrogen and oxygen atoms in total. The third-order valence-corrected chi connectivity index (χ3v) is 3.86. The first-order chi connectivity index (χ1) is 11.6. The van der Waals surface area contributed by atoms with Gasteiger partial charge in [0.1, 0.15) is 11.6 Å². The average molecular weight is 328 g/mol. The predicted octanol–water partition coefficient (Wildman–Crippen LogP) is 1.91. The summed E-state index contributed by atoms with van der Waals surface area (Å²) < 4.78 is 19.0. The van der Waals surface area contributed by atoms with Crippen molar-refractivity contribution >= 4 is 17.5 Å². The van der Waals surface area contributed by atoms with Gasteiger partial charge in [-0.3, -0.25) is 9.59 Å². The van der Waals surface area contributed by atoms with Crippen LogP contribution in [-0.2, 0) is 16.0 Å². The third kappa shape index (κ3) is 3.22. The van der Waals surface area contributed by atoms with E-state index < -0.39 is 6.10 Å². The van der Waals surface area contributed by atoms with E-state index >= 15 is 0 Å². The molecule has 1 heterocycles. The molecule has 6 heteroatoms. The van der Waals surface area contributed by atoms with Crippen molar-refractivity contribution < 1.29 is 18.7 Å². The van der Waals surface area contributed by atoms with E-state index in [4.69, 9.17) is 4.74 Å². The minimum atomic E-state index is -0.777. The zero-order valence-electron chi connectivity index (χ0n) is 13.2. The van der Waals surface area contributed by atoms with Gasteiger partial charge in [0.05, 0.1) is 18.7 Å². The maximum atomic E-state index is 13.3. The molecule has 0 unspecified atom stereocenters. The summed E-state index contributed by atoms with van der Waals surface area (Å²) in [4.78, 5) is 26.2. The predicted molar refractivity (Wildman–Crippen MR) is 87.4 cm³/mol. The first kappa shape index (κ1) is 16.0. The number of hydrogen-bond acceptors (Lipinski definition) is 3. The highest BCUT2D eigenvalue weighted by Crippen LogP contribution is 2.33. The number of nitrogens with zero attached hydrogens (tertiary/aromatic N) is 1. The number of hydrogen-bond donors (Lipinski definition) is 1. The number of carbonyl (C=O) groups excluding carboxylic acids is 2. The first-order valence-electron chi connectivity index (χ1n) is 7.60. The highest BCUT2D eigenvalue weighted by molar-refractivity contribution is 5.98. The fourth-order valence-corrected chi connectivity index (χ4v) is 2.69. The highest BCUT2D eigenvalue weighted by Gasteiger charge is 2.33. The van der Waals surface area contributed by atoms with E-state index in [-0.39, 0.29) is 30.6 Å². The van der Waals surface area contributed by atoms with Gasteiger partial charge in [-0.05, 0) is 29.8 Å². The van der Waals surface area contributed by atoms with Gasteiger partial charge in [0, 0.05) is 7.05 Å². The molecule has 0 aliphatic carbocycles. The molecular weight excluding hydrogens is 311 g/mol. The van der Waals surface area contributed by atoms with E-state index in [0.717, 1.165) is 0 Å². The van der Waals surface area contributed by atoms with Crippen molar-refractivity contribution in [2.75, 3.05) is 18.5 Å². The monoisotopic (exact) mass is 328 g/mol. The molecule has 3 rings (SSSR count). The molecule has 1 atom stereocenters. The van der Waals surface area contributed by atoms with Crippen molar-refractivity contribution in [3.8, 4) is 5.75 Å². The molecule has 24 heavy (non-hydrogen) atoms. The van der Waals surface area contributed by atoms with Gasteiger partial charge in [0.15, 0.2) is 6.10 Å². The summed E-state index contributed by atoms with van der Waals surface area (Å²) in [7, 11) is 1.52. The van der Waals surface area contributed by atoms with Gasteiger partial charge in [-0.15, -0.1) is 0 Å². The smallest absolute Gasteiger partial charge is 0.262 e. The summed E-state index contributed by atoms with van der Waals surface area (Å²) in [6.07, 6.45) is -0.728. The fraction of sp³-hybridized carbons (Fsp3) is 0.222. The second-order valence-corrected chi connectivity index (χ2v) is 5.50. The quantitative estimate of drug-likeness (QED) is 0.936. The summed E-state index contributed by atoms with van der Waals surface area (Å²) in [6, 6.07) is 13.0. The van der Waals surface area contributed by atoms with Crippen LogP contribution in [0.5, 0.6) is 5.75 Å². The molecule has 1 N–H and O–H groups in total. The molecule has 0 aromatic heterocycles. The Bertz CT molecular complexity index is 778. The van der Waals surface area contributed by atoms with E-state index in [1.165, 1.54) is 24.1 Å². The molecule has 2 amide bonds. The molecular formula is C18H17FN2O3. The Labute approximate surface area is 139 Å². The molecule has 124 valence electrons. The van der Waals surface area contributed by atoms with Crippen molar-refractivity contribution in [1.82, 2.24) is 5.32 Å². The van der Waals surface area contributed by atoms with Crippen LogP contribution in [0.1, 0.15) is 5.56 Å². The second-order valence-electron chi connectivity index (χ2n) is 5.50. The normalized spacial score (nSPS) is 16.1. The minimum Gasteiger partial charge on any atom is -0.477 e. The Hall–Kier alpha value is -2.89. The number of likely N-dealkylation sites (N-methyl/N-ethyl adjacent to an activating group) is 1. The summed E-state index contributed by atoms with van der Waals surface area (Å²) in [6.45, 7) is 0.116. The largest absolute Gasteiger partial charge is 0.477 e. The van der Waals surface area contributed by atoms with E-state index in [0.29, 0.717) is 17.0 Å². The van der Waals surface area contributed by atoms with Crippen LogP contribution in [-0.4, -0.2) is 31.5 Å². The fourth-order valence-electron chi connectivity index (χ4n) is 2.69. The lowest BCUT2D eigenvalue weighted by Gasteiger charge is -2.34. The molecule has 1 aliphatic rings. The number of fused-ring (bicyclic) bond motifs is 1. The third-order valence-electron chi connectivity index (χ3n) is 3.86. The van der Waals surface area contributed by atoms with Crippen LogP contribution in [0.2, 0.25) is 0 Å². The number of para-hydroxylation sites is 2. The van der Waals surface area contributed by atoms with Crippen molar-refractivity contribution in [2.45, 2.75) is 12.5 Å². The zero-order valence-corrected chi connectivity index (χ0v) is 13.2. The molecule has 2 aromatic carbocycles. The van der Waals surface area contributed by atoms with Crippen molar-refractivity contribution in [2.24, 2.45) is 0 Å². The zero-order chi connectivity index (χ0) is 17.1. The standard InChI is InChI=1S/C18H17FN2O3/c1-20-18(23)16-11-21(14-7-2-3-8-15(14)24-16)17(22)10-12-5-4-6-13(19)9-12/h2-9,16H,10-11H2,1H3,(H,20,23)/t16-/m1/s1. The summed E-state index contributed by atoms with van der Waals surface area (Å²) in [5.74, 6) is -0.422. The van der Waals surface area contributed by atoms with Crippen LogP contribution in [0, 0.1) is 5.82 Å². The Morgan fingerprint density at radius 2 is 2.04 bits per heavy atom. The van der Waals surface area contributed by atoms with Gasteiger partial charge in [-0.1, -0.05) is 24.3 Å². The van der Waals surface area contributed by atoms with E-state index in [1.54, 1.807) is 36.4 Å². The van der Waals surface area contributed by atoms with Crippen LogP contribution >= 0.6 is 0 Å². The summed E-state index contributed by atoms with van der Waals surface area (Å²) in [5.41, 5.74) is 1.19. The molecule has 0 radical (unpaired) electrons. The lowest BCUT2D eigenvalue weighted by Crippen LogP contribution is -2.50. The van der Waals surface area contributed by atoms with Gasteiger partial charge < -0.3 is 15.0 Å². The molecule has 0 saturated heterocycles. The lowest BCUT2D eigenvalue weighted by atomic mass is 10.1. The van der Waals surface area contributed by atoms with Crippen LogP contribution in [0.3, 0.4) is 0 Å². The van der Waals surface area contributed by atoms with Gasteiger partial charge in [-0.25, -0.2) is 4.39 Å². The van der Waals surface area contributed by atoms with Crippen LogP contribution in [0.15, 0.2) is 48.5 Å². The van der Waals surface area contributed by atoms with E-state index in [9.17, 15) is 14.0 Å². The van der Waals surface area contributed by atoms with Crippen molar-refractivity contribution in [3.05, 3.63) is 59.9 Å². The number of anilines is 1. The Kier molecular flexibility index (Phi) is 4.46. The Morgan fingerprint density at radius 1 is 1.25 bits per heavy atom. The molecule has 1 aliphatic heterocycles. The number of carbonyl (C=O) groups is 2. The van der Waals surface area contributed by atoms with Gasteiger partial charge >= 0.3 is 0 Å². The molecule has 0 fully saturated rings. The number of rotatable bonds is 3. The minimum absolute atomic E-state index is 0.0482. The number of nitrogens with one attached hydrogen (secondary N) is 1. The first-order valence-corrected chi connectivity index (χ1v) is 7.60. The Balaban J connectivity index is 1.87. The van der Waals surface area contributed by atoms with Crippen molar-refractivity contribution in [3.63, 3.8) is 0 Å². The highest BCUT2D eigenvalue weighted by atomic mass is 19.1. The number of amides is 2. The second kappa shape index (κ2) is 6.70. The van der Waals surface area contributed by atoms with Crippen molar-refractivity contribution in [1.29, 1.82) is 0 Å². The van der Waals surface area contributed by atoms with Gasteiger partial charge in [-0.2, -0.15) is 0 Å². The average Bonchev–Trinajstić information content (AvgIpc) is 2.60. The van der Waals surface area contributed by atoms with Gasteiger partial charge in [0.2, 0.25) is 5.91 Å². The number of benzene rings is 2. The van der Waals surface area contributed by atoms with Crippen LogP contribution in [0.4, 0.5) is 10.1 Å². The Morgan fingerprint density at radius 3 is 2.79 bits per heavy atom. The van der Waals surface area contributed by atoms with E-state index in [2.05, 4.69) is 5.32 Å². The lowest BCUT2D eigenvalue weighted by molar-refractivity contribution is -0.127. The molecule has 0 saturated carbocycles. The summed E-state index contributed by atoms with van der Waals surface area (Å²) in [5, 5.41) is 2.53. The van der Waals surface area contributed by atoms with Crippen LogP contribution in [0.25, 0.3) is 0 Å². The topological polar surface area (TPSA) is 58.6 Å². The maximum absolute atomic E-state index is 13.3. The van der Waals surface area contributed by atoms with E-state index in [1.807, 2.05) is 0 Å². The molecule has 0 spiro atoms. The van der Waals surface area contributed by atoms with Gasteiger partial charge in [0.25, 0.3) is 5.91 Å². The molecule has 0 bridgehead atoms. The SMILES string of the molecule is CNC(=O)[C@H]1CN(C(=O)Cc2cccc(F)c2)c2ccccc2O1. The number of ether oxygens (including phenoxy) is 1. The van der Waals surface area contributed by atoms with Crippen LogP contribution < -0.4 is 15.0 Å².